The van der Waals surface area contributed by atoms with Gasteiger partial charge < -0.3 is 39.3 Å². The molecule has 2 aromatic carbocycles. The number of carbonyl (C=O) groups is 2. The molecular weight excluding hydrogens is 739 g/mol. The minimum Gasteiger partial charge on any atom is -0.488 e. The average Bonchev–Trinajstić information content (AvgIpc) is 4.00. The van der Waals surface area contributed by atoms with Crippen molar-refractivity contribution in [3.8, 4) is 39.4 Å². The molecule has 2 fully saturated rings. The maximum Gasteiger partial charge on any atom is 0.410 e. The molecule has 4 aliphatic rings. The number of alkyl carbamates (subject to hydrolysis) is 1. The Morgan fingerprint density at radius 1 is 1.02 bits per heavy atom. The molecule has 0 bridgehead atoms. The van der Waals surface area contributed by atoms with Crippen LogP contribution in [0.25, 0.3) is 33.6 Å². The van der Waals surface area contributed by atoms with Crippen LogP contribution in [-0.2, 0) is 33.7 Å². The normalized spacial score (nSPS) is 22.4. The van der Waals surface area contributed by atoms with Crippen LogP contribution in [-0.4, -0.2) is 98.3 Å². The minimum absolute atomic E-state index is 0.0180. The monoisotopic (exact) mass is 795 g/mol. The summed E-state index contributed by atoms with van der Waals surface area (Å²) in [5.41, 5.74) is 8.87. The van der Waals surface area contributed by atoms with Crippen molar-refractivity contribution in [2.24, 2.45) is 11.8 Å². The highest BCUT2D eigenvalue weighted by atomic mass is 16.6. The minimum atomic E-state index is -0.914. The molecule has 0 radical (unpaired) electrons. The number of ether oxygens (including phenoxy) is 4. The van der Waals surface area contributed by atoms with Gasteiger partial charge in [-0.2, -0.15) is 0 Å². The number of hydrogen-bond donors (Lipinski definition) is 4. The second-order valence-corrected chi connectivity index (χ2v) is 17.7. The molecule has 2 saturated heterocycles. The molecule has 0 spiro atoms. The SMILES string of the molecule is COC[C@H]1C[C@@H](c2ncc(-c3ccc4c(c3)COc3cc5c(cc3-4)CCc3[nH]c([C@@H]4CC[C@H](C)N4C(O)[C@@H](NC(=O)OC)C(C)C)nc3-5)[nH]2)N(C(=O)OC(C)(C)C)C1. The summed E-state index contributed by atoms with van der Waals surface area (Å²) in [6, 6.07) is 10.1. The van der Waals surface area contributed by atoms with Crippen LogP contribution in [0, 0.1) is 11.8 Å². The number of rotatable bonds is 9. The first kappa shape index (κ1) is 39.9. The van der Waals surface area contributed by atoms with E-state index in [9.17, 15) is 14.7 Å². The molecule has 310 valence electrons. The number of aryl methyl sites for hydroxylation is 2. The quantitative estimate of drug-likeness (QED) is 0.135. The van der Waals surface area contributed by atoms with Crippen molar-refractivity contribution in [2.75, 3.05) is 27.4 Å². The molecular formula is C44H57N7O7. The van der Waals surface area contributed by atoms with Gasteiger partial charge in [0.1, 0.15) is 35.8 Å². The van der Waals surface area contributed by atoms with Crippen molar-refractivity contribution in [2.45, 2.75) is 116 Å². The summed E-state index contributed by atoms with van der Waals surface area (Å²) in [6.45, 7) is 13.2. The van der Waals surface area contributed by atoms with Crippen molar-refractivity contribution in [3.05, 3.63) is 65.0 Å². The number of carbonyl (C=O) groups excluding carboxylic acids is 2. The highest BCUT2D eigenvalue weighted by molar-refractivity contribution is 5.83. The molecule has 6 atom stereocenters. The van der Waals surface area contributed by atoms with Crippen LogP contribution in [0.2, 0.25) is 0 Å². The van der Waals surface area contributed by atoms with E-state index in [0.717, 1.165) is 94.4 Å². The molecule has 2 amide bonds. The van der Waals surface area contributed by atoms with Crippen molar-refractivity contribution in [1.82, 2.24) is 35.1 Å². The van der Waals surface area contributed by atoms with Crippen LogP contribution in [0.5, 0.6) is 5.75 Å². The van der Waals surface area contributed by atoms with Gasteiger partial charge in [0, 0.05) is 42.4 Å². The number of aromatic amines is 2. The predicted molar refractivity (Wildman–Crippen MR) is 218 cm³/mol. The number of fused-ring (bicyclic) bond motifs is 6. The molecule has 5 heterocycles. The third-order valence-corrected chi connectivity index (χ3v) is 12.2. The van der Waals surface area contributed by atoms with Gasteiger partial charge in [-0.05, 0) is 106 Å². The fraction of sp³-hybridized carbons (Fsp3) is 0.545. The van der Waals surface area contributed by atoms with Gasteiger partial charge in [-0.1, -0.05) is 26.0 Å². The molecule has 0 saturated carbocycles. The smallest absolute Gasteiger partial charge is 0.410 e. The summed E-state index contributed by atoms with van der Waals surface area (Å²) in [4.78, 5) is 46.4. The Balaban J connectivity index is 1.03. The van der Waals surface area contributed by atoms with Gasteiger partial charge in [-0.3, -0.25) is 9.80 Å². The van der Waals surface area contributed by atoms with Crippen LogP contribution in [0.15, 0.2) is 36.5 Å². The van der Waals surface area contributed by atoms with Gasteiger partial charge in [0.15, 0.2) is 0 Å². The van der Waals surface area contributed by atoms with E-state index in [2.05, 4.69) is 57.4 Å². The van der Waals surface area contributed by atoms with E-state index in [1.165, 1.54) is 12.7 Å². The number of likely N-dealkylation sites (tertiary alicyclic amines) is 2. The van der Waals surface area contributed by atoms with Crippen LogP contribution in [0.4, 0.5) is 9.59 Å². The van der Waals surface area contributed by atoms with Gasteiger partial charge in [-0.15, -0.1) is 0 Å². The second-order valence-electron chi connectivity index (χ2n) is 17.7. The third-order valence-electron chi connectivity index (χ3n) is 12.2. The van der Waals surface area contributed by atoms with Crippen molar-refractivity contribution in [1.29, 1.82) is 0 Å². The first-order valence-corrected chi connectivity index (χ1v) is 20.6. The molecule has 58 heavy (non-hydrogen) atoms. The molecule has 4 aromatic rings. The third kappa shape index (κ3) is 7.57. The number of nitrogens with one attached hydrogen (secondary N) is 3. The lowest BCUT2D eigenvalue weighted by molar-refractivity contribution is -0.0614. The summed E-state index contributed by atoms with van der Waals surface area (Å²) < 4.78 is 22.5. The number of methoxy groups -OCH3 is 2. The number of aliphatic hydroxyl groups is 1. The van der Waals surface area contributed by atoms with Gasteiger partial charge >= 0.3 is 12.2 Å². The molecule has 3 aliphatic heterocycles. The van der Waals surface area contributed by atoms with Gasteiger partial charge in [0.05, 0.1) is 49.4 Å². The number of nitrogens with zero attached hydrogens (tertiary/aromatic N) is 4. The van der Waals surface area contributed by atoms with Crippen LogP contribution >= 0.6 is 0 Å². The van der Waals surface area contributed by atoms with Crippen molar-refractivity contribution >= 4 is 12.2 Å². The fourth-order valence-corrected chi connectivity index (χ4v) is 9.34. The number of aliphatic hydroxyl groups excluding tert-OH is 1. The molecule has 1 aliphatic carbocycles. The summed E-state index contributed by atoms with van der Waals surface area (Å²) in [5, 5.41) is 14.5. The van der Waals surface area contributed by atoms with Gasteiger partial charge in [0.2, 0.25) is 0 Å². The molecule has 14 heteroatoms. The zero-order valence-corrected chi connectivity index (χ0v) is 34.8. The van der Waals surface area contributed by atoms with Crippen LogP contribution in [0.3, 0.4) is 0 Å². The molecule has 1 unspecified atom stereocenters. The lowest BCUT2D eigenvalue weighted by Crippen LogP contribution is -2.55. The standard InChI is InChI=1S/C44H57N7O7/c1-23(2)37(49-42(53)56-8)41(52)51-24(3)9-14-34(51)40-46-32-13-11-26-17-31-29-12-10-27(16-28(29)22-57-36(31)18-30(26)38(32)48-40)33-19-45-39(47-33)35-15-25(21-55-7)20-50(35)43(54)58-44(4,5)6/h10,12,16-19,23-25,34-35,37,41,52H,9,11,13-15,20-22H2,1-8H3,(H,45,47)(H,46,48)(H,49,53)/t24-,25-,34-,35-,37-,41?/m0/s1. The Morgan fingerprint density at radius 3 is 2.57 bits per heavy atom. The average molecular weight is 796 g/mol. The molecule has 4 N–H and O–H groups in total. The Hall–Kier alpha value is -4.92. The van der Waals surface area contributed by atoms with Crippen LogP contribution < -0.4 is 10.1 Å². The maximum atomic E-state index is 13.2. The fourth-order valence-electron chi connectivity index (χ4n) is 9.34. The van der Waals surface area contributed by atoms with E-state index >= 15 is 0 Å². The highest BCUT2D eigenvalue weighted by Gasteiger charge is 2.43. The topological polar surface area (TPSA) is 167 Å². The van der Waals surface area contributed by atoms with E-state index < -0.39 is 24.0 Å². The highest BCUT2D eigenvalue weighted by Crippen LogP contribution is 2.46. The van der Waals surface area contributed by atoms with Gasteiger partial charge in [0.25, 0.3) is 0 Å². The number of amides is 2. The van der Waals surface area contributed by atoms with E-state index in [1.54, 1.807) is 12.0 Å². The summed E-state index contributed by atoms with van der Waals surface area (Å²) in [7, 11) is 3.02. The Labute approximate surface area is 340 Å². The van der Waals surface area contributed by atoms with E-state index in [0.29, 0.717) is 19.8 Å². The van der Waals surface area contributed by atoms with E-state index in [4.69, 9.17) is 28.9 Å². The lowest BCUT2D eigenvalue weighted by Gasteiger charge is -2.38. The number of aromatic nitrogens is 4. The van der Waals surface area contributed by atoms with Crippen LogP contribution in [0.1, 0.15) is 101 Å². The Kier molecular flexibility index (Phi) is 10.8. The van der Waals surface area contributed by atoms with E-state index in [1.807, 2.05) is 40.8 Å². The summed E-state index contributed by atoms with van der Waals surface area (Å²) in [5.74, 6) is 2.56. The summed E-state index contributed by atoms with van der Waals surface area (Å²) in [6.07, 6.45) is 4.18. The van der Waals surface area contributed by atoms with E-state index in [-0.39, 0.29) is 36.1 Å². The Morgan fingerprint density at radius 2 is 1.83 bits per heavy atom. The number of hydrogen-bond acceptors (Lipinski definition) is 10. The Bertz CT molecular complexity index is 2170. The predicted octanol–water partition coefficient (Wildman–Crippen LogP) is 7.29. The number of H-pyrrole nitrogens is 2. The van der Waals surface area contributed by atoms with Gasteiger partial charge in [-0.25, -0.2) is 19.6 Å². The van der Waals surface area contributed by atoms with Crippen molar-refractivity contribution < 1.29 is 33.6 Å². The number of imidazole rings is 2. The molecule has 2 aromatic heterocycles. The molecule has 8 rings (SSSR count). The zero-order valence-electron chi connectivity index (χ0n) is 34.8. The lowest BCUT2D eigenvalue weighted by atomic mass is 9.86. The molecule has 14 nitrogen and oxygen atoms in total. The summed E-state index contributed by atoms with van der Waals surface area (Å²) >= 11 is 0. The second kappa shape index (κ2) is 15.7. The maximum absolute atomic E-state index is 13.2. The first-order chi connectivity index (χ1) is 27.7. The number of benzene rings is 2. The zero-order chi connectivity index (χ0) is 41.0. The first-order valence-electron chi connectivity index (χ1n) is 20.6. The largest absolute Gasteiger partial charge is 0.488 e. The van der Waals surface area contributed by atoms with Crippen molar-refractivity contribution in [3.63, 3.8) is 0 Å².